The molecule has 0 radical (unpaired) electrons. The van der Waals surface area contributed by atoms with Crippen LogP contribution in [0.15, 0.2) is 45.5 Å². The fourth-order valence-corrected chi connectivity index (χ4v) is 1.91. The smallest absolute Gasteiger partial charge is 0.287 e. The lowest BCUT2D eigenvalue weighted by Gasteiger charge is -2.06. The van der Waals surface area contributed by atoms with Gasteiger partial charge in [-0.3, -0.25) is 9.59 Å². The van der Waals surface area contributed by atoms with Gasteiger partial charge in [0.2, 0.25) is 0 Å². The Hall–Kier alpha value is -2.15. The van der Waals surface area contributed by atoms with E-state index < -0.39 is 11.7 Å². The maximum absolute atomic E-state index is 13.0. The Morgan fingerprint density at radius 1 is 1.10 bits per heavy atom. The highest BCUT2D eigenvalue weighted by Gasteiger charge is 2.10. The third-order valence-corrected chi connectivity index (χ3v) is 3.01. The van der Waals surface area contributed by atoms with Gasteiger partial charge in [-0.05, 0) is 46.3 Å². The van der Waals surface area contributed by atoms with Crippen LogP contribution in [0.2, 0.25) is 0 Å². The van der Waals surface area contributed by atoms with Crippen LogP contribution in [0.25, 0.3) is 0 Å². The van der Waals surface area contributed by atoms with Gasteiger partial charge in [-0.15, -0.1) is 0 Å². The number of halogens is 2. The molecule has 0 aliphatic rings. The fourth-order valence-electron chi connectivity index (χ4n) is 1.61. The Bertz CT molecular complexity index is 657. The van der Waals surface area contributed by atoms with Crippen molar-refractivity contribution in [2.45, 2.75) is 0 Å². The molecular weight excluding hydrogens is 343 g/mol. The molecule has 7 heteroatoms. The molecule has 21 heavy (non-hydrogen) atoms. The first-order valence-corrected chi connectivity index (χ1v) is 6.93. The van der Waals surface area contributed by atoms with Crippen molar-refractivity contribution in [3.8, 4) is 0 Å². The van der Waals surface area contributed by atoms with E-state index in [9.17, 15) is 14.0 Å². The minimum Gasteiger partial charge on any atom is -0.444 e. The summed E-state index contributed by atoms with van der Waals surface area (Å²) in [6, 6.07) is 8.52. The molecule has 2 aromatic rings. The molecule has 1 aromatic carbocycles. The summed E-state index contributed by atoms with van der Waals surface area (Å²) in [7, 11) is 0. The highest BCUT2D eigenvalue weighted by Crippen LogP contribution is 2.13. The molecule has 110 valence electrons. The van der Waals surface area contributed by atoms with Crippen LogP contribution >= 0.6 is 15.9 Å². The van der Waals surface area contributed by atoms with Crippen molar-refractivity contribution in [1.82, 2.24) is 10.6 Å². The molecule has 0 fully saturated rings. The molecule has 1 heterocycles. The van der Waals surface area contributed by atoms with Gasteiger partial charge in [0.1, 0.15) is 5.82 Å². The zero-order chi connectivity index (χ0) is 15.2. The zero-order valence-corrected chi connectivity index (χ0v) is 12.4. The molecule has 0 aliphatic carbocycles. The van der Waals surface area contributed by atoms with Crippen LogP contribution < -0.4 is 10.6 Å². The zero-order valence-electron chi connectivity index (χ0n) is 10.9. The van der Waals surface area contributed by atoms with Crippen molar-refractivity contribution in [1.29, 1.82) is 0 Å². The van der Waals surface area contributed by atoms with Crippen molar-refractivity contribution in [2.24, 2.45) is 0 Å². The predicted molar refractivity (Wildman–Crippen MR) is 77.5 cm³/mol. The number of hydrogen-bond donors (Lipinski definition) is 2. The second-order valence-electron chi connectivity index (χ2n) is 4.13. The molecule has 0 atom stereocenters. The molecule has 5 nitrogen and oxygen atoms in total. The van der Waals surface area contributed by atoms with Crippen molar-refractivity contribution in [2.75, 3.05) is 13.1 Å². The Morgan fingerprint density at radius 3 is 2.43 bits per heavy atom. The molecule has 1 aromatic heterocycles. The van der Waals surface area contributed by atoms with Gasteiger partial charge < -0.3 is 15.1 Å². The molecule has 0 unspecified atom stereocenters. The lowest BCUT2D eigenvalue weighted by Crippen LogP contribution is -2.34. The highest BCUT2D eigenvalue weighted by atomic mass is 79.9. The molecule has 0 saturated carbocycles. The number of rotatable bonds is 5. The van der Waals surface area contributed by atoms with Gasteiger partial charge >= 0.3 is 0 Å². The molecule has 0 spiro atoms. The monoisotopic (exact) mass is 354 g/mol. The molecule has 0 saturated heterocycles. The Kier molecular flexibility index (Phi) is 5.10. The van der Waals surface area contributed by atoms with Crippen LogP contribution in [0, 0.1) is 5.82 Å². The Morgan fingerprint density at radius 2 is 1.81 bits per heavy atom. The van der Waals surface area contributed by atoms with E-state index in [2.05, 4.69) is 26.6 Å². The van der Waals surface area contributed by atoms with Crippen LogP contribution in [0.5, 0.6) is 0 Å². The summed E-state index contributed by atoms with van der Waals surface area (Å²) in [6.07, 6.45) is 0. The summed E-state index contributed by atoms with van der Waals surface area (Å²) in [5.41, 5.74) is 0.233. The van der Waals surface area contributed by atoms with E-state index >= 15 is 0 Å². The van der Waals surface area contributed by atoms with E-state index in [1.54, 1.807) is 6.07 Å². The van der Waals surface area contributed by atoms with Crippen molar-refractivity contribution >= 4 is 27.7 Å². The summed E-state index contributed by atoms with van der Waals surface area (Å²) in [4.78, 5) is 23.3. The van der Waals surface area contributed by atoms with Crippen LogP contribution in [-0.2, 0) is 0 Å². The van der Waals surface area contributed by atoms with E-state index in [-0.39, 0.29) is 30.3 Å². The normalized spacial score (nSPS) is 10.2. The molecule has 2 rings (SSSR count). The van der Waals surface area contributed by atoms with Crippen molar-refractivity contribution < 1.29 is 18.4 Å². The summed E-state index contributed by atoms with van der Waals surface area (Å²) in [5.74, 6) is -1.07. The topological polar surface area (TPSA) is 71.3 Å². The minimum atomic E-state index is -0.473. The highest BCUT2D eigenvalue weighted by molar-refractivity contribution is 9.10. The average Bonchev–Trinajstić information content (AvgIpc) is 2.90. The van der Waals surface area contributed by atoms with Gasteiger partial charge in [0, 0.05) is 18.7 Å². The van der Waals surface area contributed by atoms with E-state index in [0.717, 1.165) is 6.07 Å². The number of amides is 2. The largest absolute Gasteiger partial charge is 0.444 e. The third kappa shape index (κ3) is 4.42. The van der Waals surface area contributed by atoms with E-state index in [1.807, 2.05) is 0 Å². The van der Waals surface area contributed by atoms with Gasteiger partial charge in [0.15, 0.2) is 10.4 Å². The number of furan rings is 1. The Balaban J connectivity index is 1.75. The fraction of sp³-hybridized carbons (Fsp3) is 0.143. The minimum absolute atomic E-state index is 0.179. The summed E-state index contributed by atoms with van der Waals surface area (Å²) < 4.78 is 18.5. The van der Waals surface area contributed by atoms with E-state index in [1.165, 1.54) is 24.3 Å². The lowest BCUT2D eigenvalue weighted by atomic mass is 10.2. The van der Waals surface area contributed by atoms with Crippen LogP contribution in [0.4, 0.5) is 4.39 Å². The molecule has 0 bridgehead atoms. The van der Waals surface area contributed by atoms with E-state index in [0.29, 0.717) is 4.67 Å². The standard InChI is InChI=1S/C14H12BrFN2O3/c15-12-5-4-11(21-12)14(20)18-7-6-17-13(19)9-2-1-3-10(16)8-9/h1-5,8H,6-7H2,(H,17,19)(H,18,20). The lowest BCUT2D eigenvalue weighted by molar-refractivity contribution is 0.0909. The number of hydrogen-bond acceptors (Lipinski definition) is 3. The first-order valence-electron chi connectivity index (χ1n) is 6.13. The van der Waals surface area contributed by atoms with E-state index in [4.69, 9.17) is 4.42 Å². The number of carbonyl (C=O) groups is 2. The second-order valence-corrected chi connectivity index (χ2v) is 4.91. The average molecular weight is 355 g/mol. The van der Waals surface area contributed by atoms with Gasteiger partial charge in [-0.1, -0.05) is 6.07 Å². The van der Waals surface area contributed by atoms with Gasteiger partial charge in [0.25, 0.3) is 11.8 Å². The number of nitrogens with one attached hydrogen (secondary N) is 2. The van der Waals surface area contributed by atoms with Crippen molar-refractivity contribution in [3.63, 3.8) is 0 Å². The van der Waals surface area contributed by atoms with Gasteiger partial charge in [-0.2, -0.15) is 0 Å². The number of benzene rings is 1. The quantitative estimate of drug-likeness (QED) is 0.809. The summed E-state index contributed by atoms with van der Waals surface area (Å²) in [6.45, 7) is 0.459. The SMILES string of the molecule is O=C(NCCNC(=O)c1ccc(Br)o1)c1cccc(F)c1. The Labute approximate surface area is 128 Å². The predicted octanol–water partition coefficient (Wildman–Crippen LogP) is 2.34. The molecular formula is C14H12BrFN2O3. The van der Waals surface area contributed by atoms with Crippen LogP contribution in [0.1, 0.15) is 20.9 Å². The molecule has 0 aliphatic heterocycles. The second kappa shape index (κ2) is 7.03. The maximum atomic E-state index is 13.0. The van der Waals surface area contributed by atoms with Gasteiger partial charge in [0.05, 0.1) is 0 Å². The van der Waals surface area contributed by atoms with Crippen molar-refractivity contribution in [3.05, 3.63) is 58.2 Å². The molecule has 2 amide bonds. The van der Waals surface area contributed by atoms with Gasteiger partial charge in [-0.25, -0.2) is 4.39 Å². The first kappa shape index (κ1) is 15.2. The first-order chi connectivity index (χ1) is 10.1. The van der Waals surface area contributed by atoms with Crippen LogP contribution in [-0.4, -0.2) is 24.9 Å². The number of carbonyl (C=O) groups excluding carboxylic acids is 2. The van der Waals surface area contributed by atoms with Crippen LogP contribution in [0.3, 0.4) is 0 Å². The maximum Gasteiger partial charge on any atom is 0.287 e. The summed E-state index contributed by atoms with van der Waals surface area (Å²) in [5, 5.41) is 5.17. The molecule has 2 N–H and O–H groups in total. The third-order valence-electron chi connectivity index (χ3n) is 2.58. The summed E-state index contributed by atoms with van der Waals surface area (Å²) >= 11 is 3.10.